The molecule has 1 aliphatic rings. The number of oxime groups is 1. The molecular weight excluding hydrogens is 218 g/mol. The molecule has 0 heterocycles. The van der Waals surface area contributed by atoms with Gasteiger partial charge in [-0.3, -0.25) is 4.79 Å². The molecular formula is C13H21NO3. The number of methoxy groups -OCH3 is 1. The summed E-state index contributed by atoms with van der Waals surface area (Å²) in [5, 5.41) is 3.80. The van der Waals surface area contributed by atoms with E-state index in [0.717, 1.165) is 5.57 Å². The van der Waals surface area contributed by atoms with Gasteiger partial charge < -0.3 is 9.57 Å². The first kappa shape index (κ1) is 13.7. The van der Waals surface area contributed by atoms with Gasteiger partial charge in [0.2, 0.25) is 0 Å². The number of nitrogens with zero attached hydrogens (tertiary/aromatic N) is 1. The van der Waals surface area contributed by atoms with Gasteiger partial charge in [-0.1, -0.05) is 25.1 Å². The standard InChI is InChI=1S/C13H21NO3/c1-6-17-14-8-9(2)7-10-11(12(15)16-5)13(10,3)4/h7-8,10-11H,6H2,1-5H3/b9-7?,14-8+/t10-,11+/m1/s1. The fourth-order valence-corrected chi connectivity index (χ4v) is 2.09. The molecule has 1 rings (SSSR count). The van der Waals surface area contributed by atoms with Gasteiger partial charge in [-0.05, 0) is 30.8 Å². The highest BCUT2D eigenvalue weighted by atomic mass is 16.6. The number of rotatable bonds is 5. The van der Waals surface area contributed by atoms with Crippen molar-refractivity contribution in [2.45, 2.75) is 27.7 Å². The second kappa shape index (κ2) is 5.34. The Hall–Kier alpha value is -1.32. The monoisotopic (exact) mass is 239 g/mol. The van der Waals surface area contributed by atoms with Crippen LogP contribution < -0.4 is 0 Å². The van der Waals surface area contributed by atoms with Gasteiger partial charge in [0.05, 0.1) is 19.2 Å². The summed E-state index contributed by atoms with van der Waals surface area (Å²) in [6, 6.07) is 0. The average molecular weight is 239 g/mol. The zero-order valence-electron chi connectivity index (χ0n) is 11.2. The second-order valence-electron chi connectivity index (χ2n) is 4.91. The van der Waals surface area contributed by atoms with Crippen LogP contribution in [-0.4, -0.2) is 25.9 Å². The molecule has 0 amide bonds. The highest BCUT2D eigenvalue weighted by Gasteiger charge is 2.61. The van der Waals surface area contributed by atoms with Crippen molar-refractivity contribution in [2.24, 2.45) is 22.4 Å². The van der Waals surface area contributed by atoms with E-state index < -0.39 is 0 Å². The van der Waals surface area contributed by atoms with Crippen molar-refractivity contribution >= 4 is 12.2 Å². The highest BCUT2D eigenvalue weighted by Crippen LogP contribution is 2.59. The van der Waals surface area contributed by atoms with Gasteiger partial charge in [0.15, 0.2) is 0 Å². The van der Waals surface area contributed by atoms with Crippen molar-refractivity contribution in [3.63, 3.8) is 0 Å². The number of ether oxygens (including phenoxy) is 1. The van der Waals surface area contributed by atoms with Crippen molar-refractivity contribution in [2.75, 3.05) is 13.7 Å². The summed E-state index contributed by atoms with van der Waals surface area (Å²) < 4.78 is 4.79. The van der Waals surface area contributed by atoms with Crippen LogP contribution in [0.3, 0.4) is 0 Å². The minimum absolute atomic E-state index is 0.0200. The van der Waals surface area contributed by atoms with E-state index in [2.05, 4.69) is 25.1 Å². The molecule has 0 unspecified atom stereocenters. The molecule has 0 aromatic heterocycles. The van der Waals surface area contributed by atoms with Crippen LogP contribution >= 0.6 is 0 Å². The van der Waals surface area contributed by atoms with Crippen LogP contribution in [0.1, 0.15) is 27.7 Å². The molecule has 1 saturated carbocycles. The van der Waals surface area contributed by atoms with Gasteiger partial charge in [-0.15, -0.1) is 0 Å². The quantitative estimate of drug-likeness (QED) is 0.420. The lowest BCUT2D eigenvalue weighted by atomic mass is 10.1. The van der Waals surface area contributed by atoms with E-state index in [-0.39, 0.29) is 23.2 Å². The van der Waals surface area contributed by atoms with Crippen LogP contribution in [0, 0.1) is 17.3 Å². The fourth-order valence-electron chi connectivity index (χ4n) is 2.09. The van der Waals surface area contributed by atoms with Crippen molar-refractivity contribution in [3.05, 3.63) is 11.6 Å². The maximum absolute atomic E-state index is 11.5. The number of esters is 1. The molecule has 0 radical (unpaired) electrons. The first-order chi connectivity index (χ1) is 7.95. The van der Waals surface area contributed by atoms with Crippen molar-refractivity contribution in [1.29, 1.82) is 0 Å². The lowest BCUT2D eigenvalue weighted by molar-refractivity contribution is -0.143. The molecule has 17 heavy (non-hydrogen) atoms. The second-order valence-corrected chi connectivity index (χ2v) is 4.91. The molecule has 0 spiro atoms. The summed E-state index contributed by atoms with van der Waals surface area (Å²) in [6.07, 6.45) is 3.73. The normalized spacial score (nSPS) is 27.0. The fraction of sp³-hybridized carbons (Fsp3) is 0.692. The first-order valence-electron chi connectivity index (χ1n) is 5.86. The van der Waals surface area contributed by atoms with E-state index in [1.165, 1.54) is 7.11 Å². The number of hydrogen-bond acceptors (Lipinski definition) is 4. The zero-order chi connectivity index (χ0) is 13.1. The van der Waals surface area contributed by atoms with Gasteiger partial charge in [0, 0.05) is 0 Å². The predicted molar refractivity (Wildman–Crippen MR) is 66.7 cm³/mol. The van der Waals surface area contributed by atoms with Crippen LogP contribution in [0.4, 0.5) is 0 Å². The van der Waals surface area contributed by atoms with Crippen LogP contribution in [0.25, 0.3) is 0 Å². The third-order valence-corrected chi connectivity index (χ3v) is 3.27. The number of hydrogen-bond donors (Lipinski definition) is 0. The molecule has 0 aliphatic heterocycles. The largest absolute Gasteiger partial charge is 0.469 e. The molecule has 0 N–H and O–H groups in total. The van der Waals surface area contributed by atoms with Crippen LogP contribution in [0.5, 0.6) is 0 Å². The van der Waals surface area contributed by atoms with Crippen LogP contribution in [0.15, 0.2) is 16.8 Å². The summed E-state index contributed by atoms with van der Waals surface area (Å²) in [7, 11) is 1.43. The topological polar surface area (TPSA) is 47.9 Å². The van der Waals surface area contributed by atoms with Crippen molar-refractivity contribution < 1.29 is 14.4 Å². The Bertz CT molecular complexity index is 345. The summed E-state index contributed by atoms with van der Waals surface area (Å²) >= 11 is 0. The number of allylic oxidation sites excluding steroid dienone is 2. The molecule has 0 aromatic rings. The minimum atomic E-state index is -0.134. The summed E-state index contributed by atoms with van der Waals surface area (Å²) in [4.78, 5) is 16.4. The Labute approximate surface area is 103 Å². The van der Waals surface area contributed by atoms with Crippen molar-refractivity contribution in [3.8, 4) is 0 Å². The molecule has 2 atom stereocenters. The van der Waals surface area contributed by atoms with Gasteiger partial charge in [-0.25, -0.2) is 0 Å². The highest BCUT2D eigenvalue weighted by molar-refractivity contribution is 5.80. The molecule has 0 saturated heterocycles. The molecule has 4 nitrogen and oxygen atoms in total. The van der Waals surface area contributed by atoms with Gasteiger partial charge in [0.25, 0.3) is 0 Å². The molecule has 0 bridgehead atoms. The molecule has 1 fully saturated rings. The van der Waals surface area contributed by atoms with E-state index in [9.17, 15) is 4.79 Å². The molecule has 4 heteroatoms. The Kier molecular flexibility index (Phi) is 4.32. The smallest absolute Gasteiger partial charge is 0.309 e. The SMILES string of the molecule is CCO/N=C/C(C)=C[C@@H]1[C@@H](C(=O)OC)C1(C)C. The molecule has 1 aliphatic carbocycles. The molecule has 0 aromatic carbocycles. The average Bonchev–Trinajstić information content (AvgIpc) is 2.80. The number of carbonyl (C=O) groups excluding carboxylic acids is 1. The Balaban J connectivity index is 2.64. The minimum Gasteiger partial charge on any atom is -0.469 e. The van der Waals surface area contributed by atoms with Crippen LogP contribution in [-0.2, 0) is 14.4 Å². The number of carbonyl (C=O) groups is 1. The maximum atomic E-state index is 11.5. The van der Waals surface area contributed by atoms with Gasteiger partial charge in [-0.2, -0.15) is 0 Å². The van der Waals surface area contributed by atoms with Gasteiger partial charge in [0.1, 0.15) is 6.61 Å². The lowest BCUT2D eigenvalue weighted by Gasteiger charge is -1.99. The third-order valence-electron chi connectivity index (χ3n) is 3.27. The maximum Gasteiger partial charge on any atom is 0.309 e. The Morgan fingerprint density at radius 2 is 2.12 bits per heavy atom. The van der Waals surface area contributed by atoms with E-state index in [4.69, 9.17) is 9.57 Å². The van der Waals surface area contributed by atoms with E-state index in [1.54, 1.807) is 6.21 Å². The van der Waals surface area contributed by atoms with Crippen molar-refractivity contribution in [1.82, 2.24) is 0 Å². The Morgan fingerprint density at radius 1 is 1.47 bits per heavy atom. The van der Waals surface area contributed by atoms with Crippen LogP contribution in [0.2, 0.25) is 0 Å². The zero-order valence-corrected chi connectivity index (χ0v) is 11.2. The summed E-state index contributed by atoms with van der Waals surface area (Å²) in [5.74, 6) is 0.0526. The van der Waals surface area contributed by atoms with E-state index >= 15 is 0 Å². The van der Waals surface area contributed by atoms with Gasteiger partial charge >= 0.3 is 5.97 Å². The third kappa shape index (κ3) is 3.08. The summed E-state index contributed by atoms with van der Waals surface area (Å²) in [5.41, 5.74) is 0.983. The van der Waals surface area contributed by atoms with E-state index in [1.807, 2.05) is 13.8 Å². The molecule has 96 valence electrons. The summed E-state index contributed by atoms with van der Waals surface area (Å²) in [6.45, 7) is 8.54. The predicted octanol–water partition coefficient (Wildman–Crippen LogP) is 2.40. The van der Waals surface area contributed by atoms with E-state index in [0.29, 0.717) is 6.61 Å². The Morgan fingerprint density at radius 3 is 2.65 bits per heavy atom. The lowest BCUT2D eigenvalue weighted by Crippen LogP contribution is -2.07. The first-order valence-corrected chi connectivity index (χ1v) is 5.86.